The molecule has 1 heterocycles. The first-order chi connectivity index (χ1) is 8.93. The van der Waals surface area contributed by atoms with E-state index in [1.807, 2.05) is 0 Å². The Bertz CT molecular complexity index is 525. The van der Waals surface area contributed by atoms with Crippen molar-refractivity contribution in [2.45, 2.75) is 6.42 Å². The molecule has 1 atom stereocenters. The van der Waals surface area contributed by atoms with Crippen LogP contribution in [0.25, 0.3) is 0 Å². The zero-order valence-corrected chi connectivity index (χ0v) is 11.7. The molecule has 1 aromatic rings. The number of carbonyl (C=O) groups excluding carboxylic acids is 2. The monoisotopic (exact) mass is 302 g/mol. The van der Waals surface area contributed by atoms with Gasteiger partial charge in [-0.1, -0.05) is 23.2 Å². The van der Waals surface area contributed by atoms with Crippen LogP contribution in [-0.2, 0) is 14.3 Å². The van der Waals surface area contributed by atoms with Gasteiger partial charge in [-0.3, -0.25) is 9.59 Å². The Kier molecular flexibility index (Phi) is 3.87. The summed E-state index contributed by atoms with van der Waals surface area (Å²) in [6.07, 6.45) is 0.0870. The number of hydrogen-bond donors (Lipinski definition) is 1. The number of halogens is 2. The average molecular weight is 303 g/mol. The second-order valence-corrected chi connectivity index (χ2v) is 5.08. The Hall–Kier alpha value is -1.46. The molecule has 0 saturated carbocycles. The Balaban J connectivity index is 2.33. The van der Waals surface area contributed by atoms with Crippen LogP contribution in [0.2, 0.25) is 10.0 Å². The molecule has 2 N–H and O–H groups in total. The van der Waals surface area contributed by atoms with Gasteiger partial charge in [0.05, 0.1) is 28.8 Å². The molecule has 1 fully saturated rings. The van der Waals surface area contributed by atoms with Crippen LogP contribution in [0.4, 0.5) is 11.4 Å². The molecule has 7 heteroatoms. The second-order valence-electron chi connectivity index (χ2n) is 4.26. The molecule has 0 spiro atoms. The Morgan fingerprint density at radius 2 is 2.00 bits per heavy atom. The largest absolute Gasteiger partial charge is 0.469 e. The summed E-state index contributed by atoms with van der Waals surface area (Å²) < 4.78 is 4.64. The molecule has 19 heavy (non-hydrogen) atoms. The predicted octanol–water partition coefficient (Wildman–Crippen LogP) is 2.10. The minimum Gasteiger partial charge on any atom is -0.469 e. The molecule has 0 aromatic heterocycles. The summed E-state index contributed by atoms with van der Waals surface area (Å²) in [5.74, 6) is -1.13. The van der Waals surface area contributed by atoms with Crippen molar-refractivity contribution < 1.29 is 14.3 Å². The molecule has 1 aromatic carbocycles. The van der Waals surface area contributed by atoms with E-state index in [1.165, 1.54) is 24.1 Å². The molecule has 0 aliphatic carbocycles. The lowest BCUT2D eigenvalue weighted by molar-refractivity contribution is -0.145. The molecule has 1 aliphatic rings. The van der Waals surface area contributed by atoms with Gasteiger partial charge in [-0.2, -0.15) is 0 Å². The quantitative estimate of drug-likeness (QED) is 0.671. The van der Waals surface area contributed by atoms with Crippen LogP contribution < -0.4 is 10.6 Å². The lowest BCUT2D eigenvalue weighted by atomic mass is 10.1. The highest BCUT2D eigenvalue weighted by atomic mass is 35.5. The zero-order valence-electron chi connectivity index (χ0n) is 10.2. The first-order valence-corrected chi connectivity index (χ1v) is 6.32. The fraction of sp³-hybridized carbons (Fsp3) is 0.333. The van der Waals surface area contributed by atoms with Crippen LogP contribution in [0.3, 0.4) is 0 Å². The second kappa shape index (κ2) is 5.27. The van der Waals surface area contributed by atoms with Crippen molar-refractivity contribution in [1.82, 2.24) is 0 Å². The van der Waals surface area contributed by atoms with Gasteiger partial charge in [-0.25, -0.2) is 0 Å². The number of benzene rings is 1. The fourth-order valence-electron chi connectivity index (χ4n) is 2.09. The van der Waals surface area contributed by atoms with Crippen LogP contribution in [0.5, 0.6) is 0 Å². The third-order valence-electron chi connectivity index (χ3n) is 2.97. The molecule has 2 rings (SSSR count). The maximum atomic E-state index is 12.0. The van der Waals surface area contributed by atoms with Crippen molar-refractivity contribution in [3.05, 3.63) is 22.2 Å². The normalized spacial score (nSPS) is 18.8. The number of hydrogen-bond acceptors (Lipinski definition) is 4. The number of ether oxygens (including phenoxy) is 1. The van der Waals surface area contributed by atoms with E-state index < -0.39 is 11.9 Å². The topological polar surface area (TPSA) is 72.6 Å². The number of nitrogens with two attached hydrogens (primary N) is 1. The van der Waals surface area contributed by atoms with Crippen molar-refractivity contribution in [3.63, 3.8) is 0 Å². The molecule has 1 saturated heterocycles. The Morgan fingerprint density at radius 3 is 2.53 bits per heavy atom. The van der Waals surface area contributed by atoms with Gasteiger partial charge in [-0.05, 0) is 12.1 Å². The van der Waals surface area contributed by atoms with E-state index in [9.17, 15) is 9.59 Å². The number of nitrogen functional groups attached to an aromatic ring is 1. The van der Waals surface area contributed by atoms with Gasteiger partial charge in [0.15, 0.2) is 0 Å². The third-order valence-corrected chi connectivity index (χ3v) is 3.54. The number of esters is 1. The summed E-state index contributed by atoms with van der Waals surface area (Å²) in [4.78, 5) is 24.8. The summed E-state index contributed by atoms with van der Waals surface area (Å²) in [6, 6.07) is 3.03. The van der Waals surface area contributed by atoms with E-state index in [1.54, 1.807) is 0 Å². The lowest BCUT2D eigenvalue weighted by Gasteiger charge is -2.19. The van der Waals surface area contributed by atoms with Gasteiger partial charge in [0, 0.05) is 18.7 Å². The summed E-state index contributed by atoms with van der Waals surface area (Å²) in [5, 5.41) is 0.563. The smallest absolute Gasteiger partial charge is 0.311 e. The number of rotatable bonds is 2. The number of amides is 1. The first kappa shape index (κ1) is 14.0. The van der Waals surface area contributed by atoms with Crippen LogP contribution in [0, 0.1) is 5.92 Å². The number of anilines is 2. The zero-order chi connectivity index (χ0) is 14.2. The Morgan fingerprint density at radius 1 is 1.42 bits per heavy atom. The van der Waals surface area contributed by atoms with E-state index in [0.29, 0.717) is 11.4 Å². The highest BCUT2D eigenvalue weighted by Gasteiger charge is 2.37. The minimum atomic E-state index is -0.498. The first-order valence-electron chi connectivity index (χ1n) is 5.56. The van der Waals surface area contributed by atoms with Gasteiger partial charge in [0.1, 0.15) is 0 Å². The predicted molar refractivity (Wildman–Crippen MR) is 73.4 cm³/mol. The van der Waals surface area contributed by atoms with Crippen molar-refractivity contribution >= 4 is 46.5 Å². The summed E-state index contributed by atoms with van der Waals surface area (Å²) in [5.41, 5.74) is 6.41. The van der Waals surface area contributed by atoms with Crippen molar-refractivity contribution in [3.8, 4) is 0 Å². The Labute approximate surface area is 120 Å². The third kappa shape index (κ3) is 2.62. The van der Waals surface area contributed by atoms with Gasteiger partial charge in [0.2, 0.25) is 5.91 Å². The molecule has 0 radical (unpaired) electrons. The van der Waals surface area contributed by atoms with Crippen molar-refractivity contribution in [2.24, 2.45) is 5.92 Å². The van der Waals surface area contributed by atoms with E-state index in [-0.39, 0.29) is 28.9 Å². The maximum absolute atomic E-state index is 12.0. The van der Waals surface area contributed by atoms with E-state index in [4.69, 9.17) is 28.9 Å². The molecular formula is C12H12Cl2N2O3. The summed E-state index contributed by atoms with van der Waals surface area (Å²) in [7, 11) is 1.29. The number of carbonyl (C=O) groups is 2. The van der Waals surface area contributed by atoms with Gasteiger partial charge in [0.25, 0.3) is 0 Å². The van der Waals surface area contributed by atoms with Crippen LogP contribution in [0.15, 0.2) is 12.1 Å². The van der Waals surface area contributed by atoms with Gasteiger partial charge < -0.3 is 15.4 Å². The van der Waals surface area contributed by atoms with Crippen LogP contribution in [-0.4, -0.2) is 25.5 Å². The maximum Gasteiger partial charge on any atom is 0.311 e. The fourth-order valence-corrected chi connectivity index (χ4v) is 2.80. The molecule has 1 aliphatic heterocycles. The molecule has 5 nitrogen and oxygen atoms in total. The van der Waals surface area contributed by atoms with E-state index in [0.717, 1.165) is 0 Å². The summed E-state index contributed by atoms with van der Waals surface area (Å²) >= 11 is 12.1. The molecule has 0 bridgehead atoms. The highest BCUT2D eigenvalue weighted by molar-refractivity contribution is 6.40. The minimum absolute atomic E-state index is 0.0870. The number of methoxy groups -OCH3 is 1. The van der Waals surface area contributed by atoms with Gasteiger partial charge in [-0.15, -0.1) is 0 Å². The number of nitrogens with zero attached hydrogens (tertiary/aromatic N) is 1. The van der Waals surface area contributed by atoms with Crippen LogP contribution >= 0.6 is 23.2 Å². The highest BCUT2D eigenvalue weighted by Crippen LogP contribution is 2.39. The summed E-state index contributed by atoms with van der Waals surface area (Å²) in [6.45, 7) is 0.203. The molecule has 102 valence electrons. The molecule has 1 unspecified atom stereocenters. The molecular weight excluding hydrogens is 291 g/mol. The van der Waals surface area contributed by atoms with E-state index in [2.05, 4.69) is 4.74 Å². The van der Waals surface area contributed by atoms with E-state index >= 15 is 0 Å². The molecule has 1 amide bonds. The van der Waals surface area contributed by atoms with Crippen molar-refractivity contribution in [2.75, 3.05) is 24.3 Å². The lowest BCUT2D eigenvalue weighted by Crippen LogP contribution is -2.26. The van der Waals surface area contributed by atoms with Crippen molar-refractivity contribution in [1.29, 1.82) is 0 Å². The average Bonchev–Trinajstić information content (AvgIpc) is 2.69. The van der Waals surface area contributed by atoms with Crippen LogP contribution in [0.1, 0.15) is 6.42 Å². The SMILES string of the molecule is COC(=O)C1CC(=O)N(c2c(Cl)cc(N)cc2Cl)C1. The van der Waals surface area contributed by atoms with Gasteiger partial charge >= 0.3 is 5.97 Å². The standard InChI is InChI=1S/C12H12Cl2N2O3/c1-19-12(18)6-2-10(17)16(5-6)11-8(13)3-7(15)4-9(11)14/h3-4,6H,2,5,15H2,1H3.